The average Bonchev–Trinajstić information content (AvgIpc) is 2.82. The monoisotopic (exact) mass is 486 g/mol. The summed E-state index contributed by atoms with van der Waals surface area (Å²) in [6.07, 6.45) is 16.9. The van der Waals surface area contributed by atoms with Crippen LogP contribution in [0.4, 0.5) is 0 Å². The second kappa shape index (κ2) is 20.1. The molecule has 7 nitrogen and oxygen atoms in total. The van der Waals surface area contributed by atoms with Crippen LogP contribution >= 0.6 is 0 Å². The fourth-order valence-corrected chi connectivity index (χ4v) is 4.53. The molecule has 7 heteroatoms. The third-order valence-electron chi connectivity index (χ3n) is 6.62. The molecule has 0 amide bonds. The Kier molecular flexibility index (Phi) is 18.2. The fourth-order valence-electron chi connectivity index (χ4n) is 4.53. The normalized spacial score (nSPS) is 19.4. The minimum absolute atomic E-state index is 0.0477. The predicted molar refractivity (Wildman–Crippen MR) is 132 cm³/mol. The van der Waals surface area contributed by atoms with E-state index in [0.717, 1.165) is 38.5 Å². The SMILES string of the molecule is CCCCCCCCCCC[C@@H](C[C@@H]1OC(=O)[C@H]1CCCCCC)OC(CC(=O)OC)OOC. The lowest BCUT2D eigenvalue weighted by atomic mass is 9.86. The first-order valence-electron chi connectivity index (χ1n) is 13.7. The van der Waals surface area contributed by atoms with Gasteiger partial charge in [-0.25, -0.2) is 9.78 Å². The summed E-state index contributed by atoms with van der Waals surface area (Å²) in [5, 5.41) is 0. The molecule has 200 valence electrons. The summed E-state index contributed by atoms with van der Waals surface area (Å²) in [6.45, 7) is 4.42. The molecule has 0 aromatic rings. The zero-order valence-corrected chi connectivity index (χ0v) is 22.2. The van der Waals surface area contributed by atoms with Crippen molar-refractivity contribution in [2.45, 2.75) is 141 Å². The van der Waals surface area contributed by atoms with E-state index < -0.39 is 12.3 Å². The maximum Gasteiger partial charge on any atom is 0.313 e. The van der Waals surface area contributed by atoms with Crippen LogP contribution in [-0.2, 0) is 33.6 Å². The number of cyclic esters (lactones) is 1. The Morgan fingerprint density at radius 3 is 2.03 bits per heavy atom. The lowest BCUT2D eigenvalue weighted by Crippen LogP contribution is -2.47. The minimum atomic E-state index is -0.847. The molecule has 1 unspecified atom stereocenters. The second-order valence-electron chi connectivity index (χ2n) is 9.51. The van der Waals surface area contributed by atoms with Crippen molar-refractivity contribution in [1.82, 2.24) is 0 Å². The Balaban J connectivity index is 2.53. The Morgan fingerprint density at radius 1 is 0.882 bits per heavy atom. The largest absolute Gasteiger partial charge is 0.469 e. The Bertz CT molecular complexity index is 525. The van der Waals surface area contributed by atoms with Gasteiger partial charge in [-0.1, -0.05) is 97.3 Å². The topological polar surface area (TPSA) is 80.3 Å². The van der Waals surface area contributed by atoms with E-state index >= 15 is 0 Å². The highest BCUT2D eigenvalue weighted by Crippen LogP contribution is 2.33. The van der Waals surface area contributed by atoms with E-state index in [9.17, 15) is 9.59 Å². The van der Waals surface area contributed by atoms with Crippen molar-refractivity contribution in [2.24, 2.45) is 5.92 Å². The highest BCUT2D eigenvalue weighted by Gasteiger charge is 2.43. The molecule has 0 aliphatic carbocycles. The smallest absolute Gasteiger partial charge is 0.313 e. The van der Waals surface area contributed by atoms with Crippen molar-refractivity contribution in [3.05, 3.63) is 0 Å². The number of carbonyl (C=O) groups excluding carboxylic acids is 2. The van der Waals surface area contributed by atoms with Gasteiger partial charge < -0.3 is 14.2 Å². The van der Waals surface area contributed by atoms with Crippen molar-refractivity contribution in [1.29, 1.82) is 0 Å². The summed E-state index contributed by atoms with van der Waals surface area (Å²) in [5.74, 6) is -0.566. The summed E-state index contributed by atoms with van der Waals surface area (Å²) in [4.78, 5) is 33.8. The molecule has 1 heterocycles. The van der Waals surface area contributed by atoms with Crippen LogP contribution in [0.25, 0.3) is 0 Å². The zero-order valence-electron chi connectivity index (χ0n) is 22.2. The molecular formula is C27H50O7. The summed E-state index contributed by atoms with van der Waals surface area (Å²) in [7, 11) is 2.73. The van der Waals surface area contributed by atoms with Crippen LogP contribution in [0.15, 0.2) is 0 Å². The van der Waals surface area contributed by atoms with Crippen molar-refractivity contribution in [3.8, 4) is 0 Å². The van der Waals surface area contributed by atoms with Gasteiger partial charge in [-0.2, -0.15) is 0 Å². The van der Waals surface area contributed by atoms with Gasteiger partial charge in [-0.05, 0) is 12.8 Å². The first-order valence-corrected chi connectivity index (χ1v) is 13.7. The Hall–Kier alpha value is -1.18. The number of methoxy groups -OCH3 is 1. The molecule has 1 aliphatic heterocycles. The molecule has 0 N–H and O–H groups in total. The number of hydrogen-bond acceptors (Lipinski definition) is 7. The third kappa shape index (κ3) is 13.6. The van der Waals surface area contributed by atoms with Crippen LogP contribution in [0.5, 0.6) is 0 Å². The van der Waals surface area contributed by atoms with E-state index in [1.807, 2.05) is 0 Å². The van der Waals surface area contributed by atoms with Crippen LogP contribution in [0.3, 0.4) is 0 Å². The van der Waals surface area contributed by atoms with Gasteiger partial charge in [0.15, 0.2) is 0 Å². The molecule has 1 rings (SSSR count). The molecule has 0 bridgehead atoms. The summed E-state index contributed by atoms with van der Waals surface area (Å²) >= 11 is 0. The van der Waals surface area contributed by atoms with E-state index in [2.05, 4.69) is 13.8 Å². The standard InChI is InChI=1S/C27H50O7/c1-5-7-9-11-12-13-14-15-16-18-22(32-26(34-31-4)21-25(28)30-3)20-24-23(27(29)33-24)19-17-10-8-6-2/h22-24,26H,5-21H2,1-4H3/t22-,23-,24-,26?/m0/s1. The maximum absolute atomic E-state index is 12.1. The van der Waals surface area contributed by atoms with E-state index in [1.165, 1.54) is 72.0 Å². The van der Waals surface area contributed by atoms with E-state index in [1.54, 1.807) is 0 Å². The number of hydrogen-bond donors (Lipinski definition) is 0. The van der Waals surface area contributed by atoms with Crippen LogP contribution in [0, 0.1) is 5.92 Å². The highest BCUT2D eigenvalue weighted by molar-refractivity contribution is 5.78. The van der Waals surface area contributed by atoms with Crippen molar-refractivity contribution < 1.29 is 33.6 Å². The molecule has 1 aliphatic rings. The first kappa shape index (κ1) is 30.9. The lowest BCUT2D eigenvalue weighted by molar-refractivity contribution is -0.372. The average molecular weight is 487 g/mol. The minimum Gasteiger partial charge on any atom is -0.469 e. The van der Waals surface area contributed by atoms with E-state index in [0.29, 0.717) is 6.42 Å². The molecular weight excluding hydrogens is 436 g/mol. The van der Waals surface area contributed by atoms with Crippen molar-refractivity contribution >= 4 is 11.9 Å². The van der Waals surface area contributed by atoms with Gasteiger partial charge in [-0.3, -0.25) is 9.59 Å². The van der Waals surface area contributed by atoms with Gasteiger partial charge in [0.05, 0.1) is 32.7 Å². The molecule has 4 atom stereocenters. The molecule has 1 fully saturated rings. The molecule has 0 aromatic carbocycles. The molecule has 1 saturated heterocycles. The molecule has 34 heavy (non-hydrogen) atoms. The van der Waals surface area contributed by atoms with Crippen molar-refractivity contribution in [3.63, 3.8) is 0 Å². The van der Waals surface area contributed by atoms with Gasteiger partial charge in [0.25, 0.3) is 0 Å². The highest BCUT2D eigenvalue weighted by atomic mass is 17.2. The van der Waals surface area contributed by atoms with Gasteiger partial charge in [0.2, 0.25) is 6.29 Å². The second-order valence-corrected chi connectivity index (χ2v) is 9.51. The predicted octanol–water partition coefficient (Wildman–Crippen LogP) is 6.66. The Labute approximate surface area is 207 Å². The zero-order chi connectivity index (χ0) is 25.0. The first-order chi connectivity index (χ1) is 16.5. The van der Waals surface area contributed by atoms with Gasteiger partial charge in [0, 0.05) is 6.42 Å². The van der Waals surface area contributed by atoms with Crippen molar-refractivity contribution in [2.75, 3.05) is 14.2 Å². The third-order valence-corrected chi connectivity index (χ3v) is 6.62. The van der Waals surface area contributed by atoms with E-state index in [-0.39, 0.29) is 30.5 Å². The number of carbonyl (C=O) groups is 2. The lowest BCUT2D eigenvalue weighted by Gasteiger charge is -2.37. The van der Waals surface area contributed by atoms with Gasteiger partial charge in [0.1, 0.15) is 6.10 Å². The van der Waals surface area contributed by atoms with Gasteiger partial charge in [-0.15, -0.1) is 0 Å². The Morgan fingerprint density at radius 2 is 1.47 bits per heavy atom. The number of unbranched alkanes of at least 4 members (excludes halogenated alkanes) is 11. The summed E-state index contributed by atoms with van der Waals surface area (Å²) < 4.78 is 16.4. The fraction of sp³-hybridized carbons (Fsp3) is 0.926. The molecule has 0 saturated carbocycles. The van der Waals surface area contributed by atoms with Crippen LogP contribution in [0.2, 0.25) is 0 Å². The van der Waals surface area contributed by atoms with Crippen LogP contribution < -0.4 is 0 Å². The maximum atomic E-state index is 12.1. The number of rotatable bonds is 23. The van der Waals surface area contributed by atoms with Gasteiger partial charge >= 0.3 is 11.9 Å². The number of esters is 2. The molecule has 0 radical (unpaired) electrons. The quantitative estimate of drug-likeness (QED) is 0.0525. The summed E-state index contributed by atoms with van der Waals surface area (Å²) in [5.41, 5.74) is 0. The van der Waals surface area contributed by atoms with Crippen LogP contribution in [-0.4, -0.2) is 44.7 Å². The summed E-state index contributed by atoms with van der Waals surface area (Å²) in [6, 6.07) is 0. The molecule has 0 spiro atoms. The van der Waals surface area contributed by atoms with E-state index in [4.69, 9.17) is 24.0 Å². The molecule has 0 aromatic heterocycles. The number of ether oxygens (including phenoxy) is 3. The van der Waals surface area contributed by atoms with Crippen LogP contribution in [0.1, 0.15) is 123 Å².